The Kier molecular flexibility index (Phi) is 6.50. The van der Waals surface area contributed by atoms with Crippen molar-refractivity contribution >= 4 is 11.6 Å². The van der Waals surface area contributed by atoms with E-state index >= 15 is 0 Å². The second kappa shape index (κ2) is 7.44. The van der Waals surface area contributed by atoms with Crippen LogP contribution in [0.4, 0.5) is 0 Å². The van der Waals surface area contributed by atoms with Crippen LogP contribution in [0.1, 0.15) is 45.7 Å². The van der Waals surface area contributed by atoms with Crippen molar-refractivity contribution in [1.82, 2.24) is 10.2 Å². The second-order valence-corrected chi connectivity index (χ2v) is 7.08. The molecule has 1 N–H and O–H groups in total. The number of rotatable bonds is 6. The van der Waals surface area contributed by atoms with Crippen molar-refractivity contribution in [2.24, 2.45) is 5.41 Å². The van der Waals surface area contributed by atoms with Crippen LogP contribution in [-0.2, 0) is 0 Å². The van der Waals surface area contributed by atoms with Crippen LogP contribution in [-0.4, -0.2) is 31.6 Å². The number of hydrogen-bond acceptors (Lipinski definition) is 2. The summed E-state index contributed by atoms with van der Waals surface area (Å²) in [5, 5.41) is 4.29. The van der Waals surface area contributed by atoms with E-state index < -0.39 is 0 Å². The summed E-state index contributed by atoms with van der Waals surface area (Å²) in [5.74, 6) is 0. The molecule has 0 saturated heterocycles. The largest absolute Gasteiger partial charge is 0.316 e. The lowest BCUT2D eigenvalue weighted by Gasteiger charge is -2.33. The third kappa shape index (κ3) is 4.76. The van der Waals surface area contributed by atoms with Crippen molar-refractivity contribution in [3.8, 4) is 0 Å². The highest BCUT2D eigenvalue weighted by Crippen LogP contribution is 2.27. The molecule has 1 rings (SSSR count). The molecule has 2 atom stereocenters. The summed E-state index contributed by atoms with van der Waals surface area (Å²) in [7, 11) is 4.22. The van der Waals surface area contributed by atoms with E-state index in [4.69, 9.17) is 11.6 Å². The average Bonchev–Trinajstić information content (AvgIpc) is 2.37. The second-order valence-electron chi connectivity index (χ2n) is 6.67. The molecule has 0 heterocycles. The van der Waals surface area contributed by atoms with Crippen LogP contribution in [0.5, 0.6) is 0 Å². The van der Waals surface area contributed by atoms with E-state index in [0.717, 1.165) is 18.0 Å². The van der Waals surface area contributed by atoms with Crippen LogP contribution in [0, 0.1) is 5.41 Å². The number of nitrogens with zero attached hydrogens (tertiary/aromatic N) is 1. The molecule has 20 heavy (non-hydrogen) atoms. The smallest absolute Gasteiger partial charge is 0.0453 e. The Morgan fingerprint density at radius 3 is 2.35 bits per heavy atom. The van der Waals surface area contributed by atoms with Gasteiger partial charge in [-0.05, 0) is 51.0 Å². The molecule has 114 valence electrons. The normalized spacial score (nSPS) is 15.4. The molecule has 1 aromatic carbocycles. The molecule has 0 aliphatic heterocycles. The Hall–Kier alpha value is -0.570. The molecule has 0 saturated carbocycles. The van der Waals surface area contributed by atoms with Gasteiger partial charge in [0.2, 0.25) is 0 Å². The van der Waals surface area contributed by atoms with Gasteiger partial charge in [0.25, 0.3) is 0 Å². The van der Waals surface area contributed by atoms with Crippen molar-refractivity contribution in [3.63, 3.8) is 0 Å². The van der Waals surface area contributed by atoms with Crippen LogP contribution in [0.25, 0.3) is 0 Å². The van der Waals surface area contributed by atoms with Crippen LogP contribution in [0.3, 0.4) is 0 Å². The van der Waals surface area contributed by atoms with Crippen LogP contribution < -0.4 is 5.32 Å². The molecule has 2 unspecified atom stereocenters. The van der Waals surface area contributed by atoms with Crippen LogP contribution in [0.15, 0.2) is 24.3 Å². The zero-order valence-electron chi connectivity index (χ0n) is 13.7. The molecule has 1 aromatic rings. The highest BCUT2D eigenvalue weighted by molar-refractivity contribution is 6.31. The first-order valence-corrected chi connectivity index (χ1v) is 7.77. The van der Waals surface area contributed by atoms with E-state index in [1.54, 1.807) is 0 Å². The molecule has 0 aliphatic rings. The fraction of sp³-hybridized carbons (Fsp3) is 0.647. The fourth-order valence-corrected chi connectivity index (χ4v) is 2.88. The Morgan fingerprint density at radius 1 is 1.25 bits per heavy atom. The summed E-state index contributed by atoms with van der Waals surface area (Å²) in [6.07, 6.45) is 1.13. The Morgan fingerprint density at radius 2 is 1.85 bits per heavy atom. The Bertz CT molecular complexity index is 412. The predicted octanol–water partition coefficient (Wildman–Crippen LogP) is 4.36. The molecule has 0 radical (unpaired) electrons. The minimum Gasteiger partial charge on any atom is -0.316 e. The monoisotopic (exact) mass is 296 g/mol. The van der Waals surface area contributed by atoms with Crippen molar-refractivity contribution < 1.29 is 0 Å². The van der Waals surface area contributed by atoms with Gasteiger partial charge in [-0.3, -0.25) is 4.90 Å². The van der Waals surface area contributed by atoms with Gasteiger partial charge in [0.15, 0.2) is 0 Å². The highest BCUT2D eigenvalue weighted by Gasteiger charge is 2.24. The van der Waals surface area contributed by atoms with Gasteiger partial charge in [-0.1, -0.05) is 50.6 Å². The molecule has 0 aliphatic carbocycles. The summed E-state index contributed by atoms with van der Waals surface area (Å²) < 4.78 is 0. The van der Waals surface area contributed by atoms with Gasteiger partial charge in [-0.25, -0.2) is 0 Å². The van der Waals surface area contributed by atoms with E-state index in [9.17, 15) is 0 Å². The molecule has 3 heteroatoms. The first kappa shape index (κ1) is 17.5. The summed E-state index contributed by atoms with van der Waals surface area (Å²) in [4.78, 5) is 2.37. The van der Waals surface area contributed by atoms with Crippen molar-refractivity contribution in [1.29, 1.82) is 0 Å². The maximum Gasteiger partial charge on any atom is 0.0453 e. The number of benzene rings is 1. The summed E-state index contributed by atoms with van der Waals surface area (Å²) in [6.45, 7) is 10.1. The fourth-order valence-electron chi connectivity index (χ4n) is 2.59. The van der Waals surface area contributed by atoms with E-state index in [-0.39, 0.29) is 5.41 Å². The van der Waals surface area contributed by atoms with Gasteiger partial charge in [-0.15, -0.1) is 0 Å². The maximum atomic E-state index is 6.29. The SMILES string of the molecule is CNC(CCN(C)C(C)c1ccccc1Cl)C(C)(C)C. The number of halogens is 1. The van der Waals surface area contributed by atoms with Gasteiger partial charge in [0.05, 0.1) is 0 Å². The summed E-state index contributed by atoms with van der Waals surface area (Å²) >= 11 is 6.29. The molecular formula is C17H29ClN2. The average molecular weight is 297 g/mol. The minimum atomic E-state index is 0.281. The highest BCUT2D eigenvalue weighted by atomic mass is 35.5. The summed E-state index contributed by atoms with van der Waals surface area (Å²) in [6, 6.07) is 8.96. The molecular weight excluding hydrogens is 268 g/mol. The molecule has 0 bridgehead atoms. The lowest BCUT2D eigenvalue weighted by Crippen LogP contribution is -2.40. The van der Waals surface area contributed by atoms with E-state index in [1.807, 2.05) is 19.2 Å². The van der Waals surface area contributed by atoms with Crippen molar-refractivity contribution in [3.05, 3.63) is 34.9 Å². The van der Waals surface area contributed by atoms with E-state index in [1.165, 1.54) is 5.56 Å². The van der Waals surface area contributed by atoms with Crippen molar-refractivity contribution in [2.45, 2.75) is 46.2 Å². The number of hydrogen-bond donors (Lipinski definition) is 1. The molecule has 0 aromatic heterocycles. The Balaban J connectivity index is 2.63. The summed E-state index contributed by atoms with van der Waals surface area (Å²) in [5.41, 5.74) is 1.48. The van der Waals surface area contributed by atoms with Crippen LogP contribution in [0.2, 0.25) is 5.02 Å². The molecule has 0 spiro atoms. The first-order chi connectivity index (χ1) is 9.27. The topological polar surface area (TPSA) is 15.3 Å². The van der Waals surface area contributed by atoms with E-state index in [0.29, 0.717) is 12.1 Å². The standard InChI is InChI=1S/C17H29ClN2/c1-13(14-9-7-8-10-15(14)18)20(6)12-11-16(19-5)17(2,3)4/h7-10,13,16,19H,11-12H2,1-6H3. The third-order valence-electron chi connectivity index (χ3n) is 4.18. The van der Waals surface area contributed by atoms with Gasteiger partial charge >= 0.3 is 0 Å². The quantitative estimate of drug-likeness (QED) is 0.839. The zero-order valence-corrected chi connectivity index (χ0v) is 14.5. The van der Waals surface area contributed by atoms with Gasteiger partial charge in [-0.2, -0.15) is 0 Å². The zero-order chi connectivity index (χ0) is 15.3. The third-order valence-corrected chi connectivity index (χ3v) is 4.53. The lowest BCUT2D eigenvalue weighted by atomic mass is 9.84. The Labute approximate surface area is 129 Å². The van der Waals surface area contributed by atoms with Gasteiger partial charge in [0, 0.05) is 17.1 Å². The maximum absolute atomic E-state index is 6.29. The lowest BCUT2D eigenvalue weighted by molar-refractivity contribution is 0.204. The molecule has 2 nitrogen and oxygen atoms in total. The number of nitrogens with one attached hydrogen (secondary N) is 1. The predicted molar refractivity (Wildman–Crippen MR) is 89.4 cm³/mol. The molecule has 0 fully saturated rings. The minimum absolute atomic E-state index is 0.281. The van der Waals surface area contributed by atoms with E-state index in [2.05, 4.69) is 57.1 Å². The first-order valence-electron chi connectivity index (χ1n) is 7.39. The van der Waals surface area contributed by atoms with Crippen LogP contribution >= 0.6 is 11.6 Å². The van der Waals surface area contributed by atoms with Crippen molar-refractivity contribution in [2.75, 3.05) is 20.6 Å². The van der Waals surface area contributed by atoms with Gasteiger partial charge in [0.1, 0.15) is 0 Å². The molecule has 0 amide bonds. The van der Waals surface area contributed by atoms with Gasteiger partial charge < -0.3 is 5.32 Å².